The first-order valence-corrected chi connectivity index (χ1v) is 5.38. The van der Waals surface area contributed by atoms with E-state index in [1.807, 2.05) is 0 Å². The summed E-state index contributed by atoms with van der Waals surface area (Å²) in [4.78, 5) is 10.8. The highest BCUT2D eigenvalue weighted by Gasteiger charge is 2.37. The Labute approximate surface area is 111 Å². The standard InChI is InChI=1S/C12H9F3N2O3/c1-20-8-4-2-7(3-5-8)17-10(12(13,14)15)6-9(16-17)11(18)19/h2-6H,1H3,(H,18,19). The van der Waals surface area contributed by atoms with Gasteiger partial charge in [0.25, 0.3) is 0 Å². The summed E-state index contributed by atoms with van der Waals surface area (Å²) in [5.74, 6) is -1.06. The summed E-state index contributed by atoms with van der Waals surface area (Å²) in [5, 5.41) is 12.2. The van der Waals surface area contributed by atoms with Gasteiger partial charge < -0.3 is 9.84 Å². The van der Waals surface area contributed by atoms with Crippen LogP contribution >= 0.6 is 0 Å². The van der Waals surface area contributed by atoms with Crippen LogP contribution in [0, 0.1) is 0 Å². The van der Waals surface area contributed by atoms with E-state index in [2.05, 4.69) is 5.10 Å². The van der Waals surface area contributed by atoms with Crippen molar-refractivity contribution in [1.29, 1.82) is 0 Å². The number of rotatable bonds is 3. The van der Waals surface area contributed by atoms with Gasteiger partial charge in [0.1, 0.15) is 11.4 Å². The third kappa shape index (κ3) is 2.58. The number of ether oxygens (including phenoxy) is 1. The van der Waals surface area contributed by atoms with Gasteiger partial charge >= 0.3 is 12.1 Å². The number of benzene rings is 1. The van der Waals surface area contributed by atoms with Crippen molar-refractivity contribution in [1.82, 2.24) is 9.78 Å². The van der Waals surface area contributed by atoms with Crippen LogP contribution in [0.4, 0.5) is 13.2 Å². The first kappa shape index (κ1) is 13.9. The molecule has 0 spiro atoms. The van der Waals surface area contributed by atoms with E-state index in [9.17, 15) is 18.0 Å². The minimum Gasteiger partial charge on any atom is -0.497 e. The van der Waals surface area contributed by atoms with Crippen molar-refractivity contribution >= 4 is 5.97 Å². The summed E-state index contributed by atoms with van der Waals surface area (Å²) in [7, 11) is 1.42. The van der Waals surface area contributed by atoms with Crippen LogP contribution in [-0.4, -0.2) is 28.0 Å². The molecule has 0 unspecified atom stereocenters. The molecule has 0 amide bonds. The van der Waals surface area contributed by atoms with Crippen molar-refractivity contribution in [3.8, 4) is 11.4 Å². The van der Waals surface area contributed by atoms with Gasteiger partial charge in [-0.05, 0) is 24.3 Å². The molecule has 0 aliphatic carbocycles. The number of hydrogen-bond acceptors (Lipinski definition) is 3. The smallest absolute Gasteiger partial charge is 0.433 e. The number of carbonyl (C=O) groups is 1. The predicted molar refractivity (Wildman–Crippen MR) is 62.1 cm³/mol. The molecule has 1 heterocycles. The average molecular weight is 286 g/mol. The lowest BCUT2D eigenvalue weighted by atomic mass is 10.3. The maximum absolute atomic E-state index is 12.9. The van der Waals surface area contributed by atoms with E-state index in [0.29, 0.717) is 16.5 Å². The molecule has 106 valence electrons. The number of hydrogen-bond donors (Lipinski definition) is 1. The molecule has 5 nitrogen and oxygen atoms in total. The van der Waals surface area contributed by atoms with Gasteiger partial charge in [-0.1, -0.05) is 0 Å². The zero-order chi connectivity index (χ0) is 14.9. The quantitative estimate of drug-likeness (QED) is 0.942. The van der Waals surface area contributed by atoms with Crippen LogP contribution in [0.1, 0.15) is 16.2 Å². The van der Waals surface area contributed by atoms with Crippen molar-refractivity contribution in [2.24, 2.45) is 0 Å². The average Bonchev–Trinajstić information content (AvgIpc) is 2.84. The fourth-order valence-electron chi connectivity index (χ4n) is 1.61. The van der Waals surface area contributed by atoms with Gasteiger partial charge in [0.05, 0.1) is 12.8 Å². The summed E-state index contributed by atoms with van der Waals surface area (Å²) < 4.78 is 44.1. The van der Waals surface area contributed by atoms with Crippen LogP contribution in [0.2, 0.25) is 0 Å². The number of carboxylic acids is 1. The molecule has 0 aliphatic heterocycles. The molecular weight excluding hydrogens is 277 g/mol. The van der Waals surface area contributed by atoms with E-state index in [0.717, 1.165) is 0 Å². The van der Waals surface area contributed by atoms with Crippen LogP contribution in [0.15, 0.2) is 30.3 Å². The van der Waals surface area contributed by atoms with Gasteiger partial charge in [-0.3, -0.25) is 0 Å². The third-order valence-electron chi connectivity index (χ3n) is 2.54. The second-order valence-corrected chi connectivity index (χ2v) is 3.83. The Morgan fingerprint density at radius 2 is 1.90 bits per heavy atom. The second kappa shape index (κ2) is 4.87. The minimum absolute atomic E-state index is 0.0885. The van der Waals surface area contributed by atoms with E-state index < -0.39 is 23.5 Å². The van der Waals surface area contributed by atoms with Crippen molar-refractivity contribution in [2.45, 2.75) is 6.18 Å². The Balaban J connectivity index is 2.56. The van der Waals surface area contributed by atoms with Gasteiger partial charge in [-0.2, -0.15) is 18.3 Å². The summed E-state index contributed by atoms with van der Waals surface area (Å²) in [6, 6.07) is 6.11. The van der Waals surface area contributed by atoms with E-state index in [1.165, 1.54) is 31.4 Å². The molecule has 1 aromatic carbocycles. The van der Waals surface area contributed by atoms with Gasteiger partial charge in [-0.25, -0.2) is 9.48 Å². The molecule has 0 atom stereocenters. The molecule has 0 aliphatic rings. The third-order valence-corrected chi connectivity index (χ3v) is 2.54. The lowest BCUT2D eigenvalue weighted by Crippen LogP contribution is -2.13. The Bertz CT molecular complexity index is 632. The molecule has 0 radical (unpaired) electrons. The second-order valence-electron chi connectivity index (χ2n) is 3.83. The van der Waals surface area contributed by atoms with Gasteiger partial charge in [0, 0.05) is 6.07 Å². The number of aromatic nitrogens is 2. The van der Waals surface area contributed by atoms with Crippen molar-refractivity contribution in [3.05, 3.63) is 41.7 Å². The van der Waals surface area contributed by atoms with Crippen molar-refractivity contribution in [2.75, 3.05) is 7.11 Å². The Kier molecular flexibility index (Phi) is 3.39. The van der Waals surface area contributed by atoms with E-state index >= 15 is 0 Å². The normalized spacial score (nSPS) is 11.4. The maximum Gasteiger partial charge on any atom is 0.433 e. The molecule has 0 fully saturated rings. The highest BCUT2D eigenvalue weighted by atomic mass is 19.4. The SMILES string of the molecule is COc1ccc(-n2nc(C(=O)O)cc2C(F)(F)F)cc1. The minimum atomic E-state index is -4.71. The lowest BCUT2D eigenvalue weighted by molar-refractivity contribution is -0.142. The zero-order valence-corrected chi connectivity index (χ0v) is 10.2. The van der Waals surface area contributed by atoms with Gasteiger partial charge in [0.15, 0.2) is 5.69 Å². The van der Waals surface area contributed by atoms with Crippen LogP contribution in [-0.2, 0) is 6.18 Å². The molecule has 0 saturated carbocycles. The first-order valence-electron chi connectivity index (χ1n) is 5.38. The van der Waals surface area contributed by atoms with E-state index in [4.69, 9.17) is 9.84 Å². The molecule has 2 rings (SSSR count). The summed E-state index contributed by atoms with van der Waals surface area (Å²) in [6.45, 7) is 0. The van der Waals surface area contributed by atoms with Crippen molar-refractivity contribution < 1.29 is 27.8 Å². The number of carboxylic acid groups (broad SMARTS) is 1. The molecule has 0 saturated heterocycles. The Morgan fingerprint density at radius 3 is 2.35 bits per heavy atom. The maximum atomic E-state index is 12.9. The van der Waals surface area contributed by atoms with Crippen LogP contribution in [0.25, 0.3) is 5.69 Å². The Morgan fingerprint density at radius 1 is 1.30 bits per heavy atom. The molecule has 1 N–H and O–H groups in total. The molecule has 2 aromatic rings. The molecule has 0 bridgehead atoms. The molecule has 1 aromatic heterocycles. The number of aromatic carboxylic acids is 1. The van der Waals surface area contributed by atoms with Crippen molar-refractivity contribution in [3.63, 3.8) is 0 Å². The zero-order valence-electron chi connectivity index (χ0n) is 10.2. The van der Waals surface area contributed by atoms with Crippen LogP contribution in [0.3, 0.4) is 0 Å². The molecule has 20 heavy (non-hydrogen) atoms. The predicted octanol–water partition coefficient (Wildman–Crippen LogP) is 2.60. The number of halogens is 3. The number of methoxy groups -OCH3 is 1. The fraction of sp³-hybridized carbons (Fsp3) is 0.167. The van der Waals surface area contributed by atoms with Gasteiger partial charge in [-0.15, -0.1) is 0 Å². The lowest BCUT2D eigenvalue weighted by Gasteiger charge is -2.10. The molecule has 8 heteroatoms. The number of alkyl halides is 3. The van der Waals surface area contributed by atoms with Crippen LogP contribution in [0.5, 0.6) is 5.75 Å². The largest absolute Gasteiger partial charge is 0.497 e. The highest BCUT2D eigenvalue weighted by molar-refractivity contribution is 5.85. The first-order chi connectivity index (χ1) is 9.32. The van der Waals surface area contributed by atoms with E-state index in [-0.39, 0.29) is 5.69 Å². The molecular formula is C12H9F3N2O3. The summed E-state index contributed by atoms with van der Waals surface area (Å²) in [6.07, 6.45) is -4.71. The number of nitrogens with zero attached hydrogens (tertiary/aromatic N) is 2. The Hall–Kier alpha value is -2.51. The van der Waals surface area contributed by atoms with E-state index in [1.54, 1.807) is 0 Å². The summed E-state index contributed by atoms with van der Waals surface area (Å²) in [5.41, 5.74) is -1.74. The summed E-state index contributed by atoms with van der Waals surface area (Å²) >= 11 is 0. The van der Waals surface area contributed by atoms with Crippen LogP contribution < -0.4 is 4.74 Å². The fourth-order valence-corrected chi connectivity index (χ4v) is 1.61. The van der Waals surface area contributed by atoms with Gasteiger partial charge in [0.2, 0.25) is 0 Å². The monoisotopic (exact) mass is 286 g/mol. The highest BCUT2D eigenvalue weighted by Crippen LogP contribution is 2.31. The topological polar surface area (TPSA) is 64.4 Å².